The summed E-state index contributed by atoms with van der Waals surface area (Å²) in [6.07, 6.45) is 0. The van der Waals surface area contributed by atoms with Gasteiger partial charge >= 0.3 is 0 Å². The molecule has 0 amide bonds. The van der Waals surface area contributed by atoms with Crippen LogP contribution in [0.4, 0.5) is 5.69 Å². The first-order valence-corrected chi connectivity index (χ1v) is 6.95. The second kappa shape index (κ2) is 6.95. The fourth-order valence-corrected chi connectivity index (χ4v) is 2.16. The minimum absolute atomic E-state index is 0.153. The molecular weight excluding hydrogens is 302 g/mol. The van der Waals surface area contributed by atoms with E-state index in [1.807, 2.05) is 44.2 Å². The standard InChI is InChI=1S/C9H7ClN2.C7H7NO2/c1-6-7-4-2-3-5-8(7)12-9(10)11-6;1-6-3-2-4-7(5-6)8(9)10/h2-5H,1H3;2-5H,1H3. The predicted molar refractivity (Wildman–Crippen MR) is 87.1 cm³/mol. The number of hydrogen-bond donors (Lipinski definition) is 0. The highest BCUT2D eigenvalue weighted by molar-refractivity contribution is 6.28. The van der Waals surface area contributed by atoms with Crippen molar-refractivity contribution in [2.75, 3.05) is 0 Å². The molecule has 3 rings (SSSR count). The summed E-state index contributed by atoms with van der Waals surface area (Å²) in [5, 5.41) is 11.5. The van der Waals surface area contributed by atoms with Gasteiger partial charge in [-0.05, 0) is 37.1 Å². The Morgan fingerprint density at radius 1 is 1.05 bits per heavy atom. The molecule has 2 aromatic carbocycles. The number of non-ortho nitro benzene ring substituents is 1. The molecule has 0 saturated heterocycles. The highest BCUT2D eigenvalue weighted by atomic mass is 35.5. The minimum Gasteiger partial charge on any atom is -0.258 e. The van der Waals surface area contributed by atoms with Crippen LogP contribution >= 0.6 is 11.6 Å². The molecule has 6 heteroatoms. The zero-order valence-electron chi connectivity index (χ0n) is 12.2. The number of hydrogen-bond acceptors (Lipinski definition) is 4. The first-order valence-electron chi connectivity index (χ1n) is 6.57. The Balaban J connectivity index is 0.000000164. The van der Waals surface area contributed by atoms with Crippen molar-refractivity contribution in [1.82, 2.24) is 9.97 Å². The number of rotatable bonds is 1. The molecule has 0 bridgehead atoms. The molecule has 22 heavy (non-hydrogen) atoms. The highest BCUT2D eigenvalue weighted by Crippen LogP contribution is 2.16. The van der Waals surface area contributed by atoms with E-state index in [-0.39, 0.29) is 5.69 Å². The van der Waals surface area contributed by atoms with Gasteiger partial charge < -0.3 is 0 Å². The van der Waals surface area contributed by atoms with Crippen LogP contribution in [0, 0.1) is 24.0 Å². The first-order chi connectivity index (χ1) is 10.5. The maximum atomic E-state index is 10.2. The van der Waals surface area contributed by atoms with E-state index >= 15 is 0 Å². The van der Waals surface area contributed by atoms with Gasteiger partial charge in [0.2, 0.25) is 5.28 Å². The largest absolute Gasteiger partial charge is 0.269 e. The summed E-state index contributed by atoms with van der Waals surface area (Å²) in [6.45, 7) is 3.75. The molecule has 1 heterocycles. The van der Waals surface area contributed by atoms with E-state index in [1.54, 1.807) is 12.1 Å². The summed E-state index contributed by atoms with van der Waals surface area (Å²) in [4.78, 5) is 17.9. The number of nitro groups is 1. The van der Waals surface area contributed by atoms with Gasteiger partial charge in [-0.15, -0.1) is 0 Å². The third-order valence-electron chi connectivity index (χ3n) is 2.98. The van der Waals surface area contributed by atoms with Crippen LogP contribution in [0.15, 0.2) is 48.5 Å². The zero-order valence-corrected chi connectivity index (χ0v) is 12.9. The summed E-state index contributed by atoms with van der Waals surface area (Å²) in [7, 11) is 0. The molecule has 0 unspecified atom stereocenters. The van der Waals surface area contributed by atoms with Crippen molar-refractivity contribution < 1.29 is 4.92 Å². The van der Waals surface area contributed by atoms with Crippen LogP contribution in [-0.4, -0.2) is 14.9 Å². The summed E-state index contributed by atoms with van der Waals surface area (Å²) in [6, 6.07) is 14.3. The van der Waals surface area contributed by atoms with Crippen molar-refractivity contribution in [2.45, 2.75) is 13.8 Å². The van der Waals surface area contributed by atoms with Gasteiger partial charge in [-0.25, -0.2) is 9.97 Å². The Kier molecular flexibility index (Phi) is 5.01. The molecule has 0 saturated carbocycles. The van der Waals surface area contributed by atoms with Gasteiger partial charge in [-0.3, -0.25) is 10.1 Å². The van der Waals surface area contributed by atoms with Crippen LogP contribution in [-0.2, 0) is 0 Å². The van der Waals surface area contributed by atoms with Crippen molar-refractivity contribution in [1.29, 1.82) is 0 Å². The average molecular weight is 316 g/mol. The van der Waals surface area contributed by atoms with E-state index in [0.29, 0.717) is 5.28 Å². The third-order valence-corrected chi connectivity index (χ3v) is 3.15. The number of halogens is 1. The molecular formula is C16H14ClN3O2. The summed E-state index contributed by atoms with van der Waals surface area (Å²) < 4.78 is 0. The van der Waals surface area contributed by atoms with Gasteiger partial charge in [0.15, 0.2) is 0 Å². The topological polar surface area (TPSA) is 68.9 Å². The Labute approximate surface area is 132 Å². The van der Waals surface area contributed by atoms with Crippen LogP contribution in [0.2, 0.25) is 5.28 Å². The van der Waals surface area contributed by atoms with Crippen LogP contribution in [0.5, 0.6) is 0 Å². The second-order valence-electron chi connectivity index (χ2n) is 4.69. The van der Waals surface area contributed by atoms with Gasteiger partial charge in [0.1, 0.15) is 0 Å². The predicted octanol–water partition coefficient (Wildman–Crippen LogP) is 4.49. The molecule has 0 N–H and O–H groups in total. The molecule has 0 radical (unpaired) electrons. The maximum absolute atomic E-state index is 10.2. The van der Waals surface area contributed by atoms with Gasteiger partial charge in [-0.1, -0.05) is 30.3 Å². The number of nitro benzene ring substituents is 1. The fourth-order valence-electron chi connectivity index (χ4n) is 1.94. The smallest absolute Gasteiger partial charge is 0.258 e. The first kappa shape index (κ1) is 15.9. The molecule has 0 aliphatic rings. The number of benzene rings is 2. The summed E-state index contributed by atoms with van der Waals surface area (Å²) in [5.74, 6) is 0. The van der Waals surface area contributed by atoms with Gasteiger partial charge in [0, 0.05) is 17.5 Å². The number of aryl methyl sites for hydroxylation is 2. The molecule has 5 nitrogen and oxygen atoms in total. The Morgan fingerprint density at radius 3 is 2.41 bits per heavy atom. The van der Waals surface area contributed by atoms with Crippen LogP contribution in [0.1, 0.15) is 11.3 Å². The van der Waals surface area contributed by atoms with Gasteiger partial charge in [0.05, 0.1) is 16.1 Å². The Bertz CT molecular complexity index is 821. The van der Waals surface area contributed by atoms with Crippen molar-refractivity contribution in [2.24, 2.45) is 0 Å². The lowest BCUT2D eigenvalue weighted by atomic mass is 10.2. The quantitative estimate of drug-likeness (QED) is 0.377. The minimum atomic E-state index is -0.396. The average Bonchev–Trinajstić information content (AvgIpc) is 2.47. The van der Waals surface area contributed by atoms with E-state index in [4.69, 9.17) is 11.6 Å². The van der Waals surface area contributed by atoms with E-state index in [2.05, 4.69) is 9.97 Å². The highest BCUT2D eigenvalue weighted by Gasteiger charge is 2.02. The maximum Gasteiger partial charge on any atom is 0.269 e. The molecule has 112 valence electrons. The Hall–Kier alpha value is -2.53. The summed E-state index contributed by atoms with van der Waals surface area (Å²) >= 11 is 5.70. The molecule has 0 spiro atoms. The van der Waals surface area contributed by atoms with E-state index in [0.717, 1.165) is 22.2 Å². The lowest BCUT2D eigenvalue weighted by Gasteiger charge is -1.99. The zero-order chi connectivity index (χ0) is 16.1. The lowest BCUT2D eigenvalue weighted by molar-refractivity contribution is -0.384. The van der Waals surface area contributed by atoms with Crippen LogP contribution in [0.3, 0.4) is 0 Å². The SMILES string of the molecule is Cc1cccc([N+](=O)[O-])c1.Cc1nc(Cl)nc2ccccc12. The monoisotopic (exact) mass is 315 g/mol. The third kappa shape index (κ3) is 3.99. The molecule has 0 atom stereocenters. The lowest BCUT2D eigenvalue weighted by Crippen LogP contribution is -1.88. The molecule has 0 aliphatic carbocycles. The van der Waals surface area contributed by atoms with Crippen molar-refractivity contribution in [3.05, 3.63) is 75.2 Å². The molecule has 0 aliphatic heterocycles. The summed E-state index contributed by atoms with van der Waals surface area (Å²) in [5.41, 5.74) is 2.88. The van der Waals surface area contributed by atoms with Crippen molar-refractivity contribution in [3.63, 3.8) is 0 Å². The van der Waals surface area contributed by atoms with Gasteiger partial charge in [-0.2, -0.15) is 0 Å². The van der Waals surface area contributed by atoms with Crippen molar-refractivity contribution in [3.8, 4) is 0 Å². The normalized spacial score (nSPS) is 9.95. The molecule has 3 aromatic rings. The van der Waals surface area contributed by atoms with Crippen molar-refractivity contribution >= 4 is 28.2 Å². The fraction of sp³-hybridized carbons (Fsp3) is 0.125. The second-order valence-corrected chi connectivity index (χ2v) is 5.03. The number of fused-ring (bicyclic) bond motifs is 1. The van der Waals surface area contributed by atoms with Crippen LogP contribution in [0.25, 0.3) is 10.9 Å². The van der Waals surface area contributed by atoms with Gasteiger partial charge in [0.25, 0.3) is 5.69 Å². The number of para-hydroxylation sites is 1. The van der Waals surface area contributed by atoms with Crippen LogP contribution < -0.4 is 0 Å². The van der Waals surface area contributed by atoms with E-state index in [1.165, 1.54) is 6.07 Å². The van der Waals surface area contributed by atoms with E-state index in [9.17, 15) is 10.1 Å². The van der Waals surface area contributed by atoms with E-state index < -0.39 is 4.92 Å². The molecule has 1 aromatic heterocycles. The molecule has 0 fully saturated rings. The number of aromatic nitrogens is 2. The Morgan fingerprint density at radius 2 is 1.77 bits per heavy atom. The number of nitrogens with zero attached hydrogens (tertiary/aromatic N) is 3.